The molecule has 4 rings (SSSR count). The molecule has 6 heteroatoms. The van der Waals surface area contributed by atoms with Crippen LogP contribution in [0, 0.1) is 11.3 Å². The van der Waals surface area contributed by atoms with Crippen LogP contribution in [0.4, 0.5) is 0 Å². The Balaban J connectivity index is 1.63. The van der Waals surface area contributed by atoms with Crippen LogP contribution in [-0.4, -0.2) is 42.7 Å². The Morgan fingerprint density at radius 3 is 2.38 bits per heavy atom. The molecular formula is C26H27N3O3. The smallest absolute Gasteiger partial charge is 0.266 e. The molecule has 2 heterocycles. The molecule has 0 saturated carbocycles. The minimum Gasteiger partial charge on any atom is -0.457 e. The second-order valence-electron chi connectivity index (χ2n) is 8.62. The first-order valence-corrected chi connectivity index (χ1v) is 10.8. The van der Waals surface area contributed by atoms with Crippen LogP contribution in [0.25, 0.3) is 11.1 Å². The zero-order chi connectivity index (χ0) is 22.6. The lowest BCUT2D eigenvalue weighted by Gasteiger charge is -2.35. The van der Waals surface area contributed by atoms with E-state index in [1.807, 2.05) is 60.7 Å². The maximum absolute atomic E-state index is 12.8. The molecule has 1 fully saturated rings. The average molecular weight is 430 g/mol. The minimum absolute atomic E-state index is 0.118. The summed E-state index contributed by atoms with van der Waals surface area (Å²) in [5, 5.41) is 9.65. The van der Waals surface area contributed by atoms with Gasteiger partial charge in [-0.2, -0.15) is 5.26 Å². The average Bonchev–Trinajstić information content (AvgIpc) is 2.80. The van der Waals surface area contributed by atoms with Crippen LogP contribution < -0.4 is 10.3 Å². The molecule has 6 nitrogen and oxygen atoms in total. The Bertz CT molecular complexity index is 1160. The number of para-hydroxylation sites is 1. The molecule has 1 aromatic heterocycles. The van der Waals surface area contributed by atoms with Crippen molar-refractivity contribution in [1.82, 2.24) is 9.88 Å². The number of nitriles is 1. The van der Waals surface area contributed by atoms with Gasteiger partial charge in [-0.05, 0) is 35.9 Å². The summed E-state index contributed by atoms with van der Waals surface area (Å²) in [4.78, 5) is 18.1. The molecule has 3 aromatic rings. The molecule has 1 saturated heterocycles. The summed E-state index contributed by atoms with van der Waals surface area (Å²) in [6, 6.07) is 21.0. The lowest BCUT2D eigenvalue weighted by Crippen LogP contribution is -2.44. The van der Waals surface area contributed by atoms with E-state index in [1.165, 1.54) is 0 Å². The number of nitrogens with one attached hydrogen (secondary N) is 1. The van der Waals surface area contributed by atoms with E-state index >= 15 is 0 Å². The number of pyridine rings is 1. The van der Waals surface area contributed by atoms with E-state index in [4.69, 9.17) is 9.47 Å². The second-order valence-corrected chi connectivity index (χ2v) is 8.62. The topological polar surface area (TPSA) is 78.3 Å². The van der Waals surface area contributed by atoms with Gasteiger partial charge < -0.3 is 14.5 Å². The van der Waals surface area contributed by atoms with Crippen molar-refractivity contribution in [3.63, 3.8) is 0 Å². The molecule has 2 aromatic carbocycles. The van der Waals surface area contributed by atoms with Gasteiger partial charge in [0.2, 0.25) is 0 Å². The van der Waals surface area contributed by atoms with Crippen LogP contribution in [0.1, 0.15) is 25.1 Å². The van der Waals surface area contributed by atoms with Crippen molar-refractivity contribution in [2.75, 3.05) is 32.8 Å². The highest BCUT2D eigenvalue weighted by molar-refractivity contribution is 5.71. The normalized spacial score (nSPS) is 14.7. The molecule has 0 amide bonds. The monoisotopic (exact) mass is 429 g/mol. The van der Waals surface area contributed by atoms with Crippen molar-refractivity contribution < 1.29 is 9.47 Å². The zero-order valence-corrected chi connectivity index (χ0v) is 18.4. The van der Waals surface area contributed by atoms with Crippen LogP contribution in [0.2, 0.25) is 0 Å². The van der Waals surface area contributed by atoms with E-state index in [2.05, 4.69) is 29.8 Å². The Hall–Kier alpha value is -3.40. The fourth-order valence-corrected chi connectivity index (χ4v) is 3.99. The van der Waals surface area contributed by atoms with Crippen LogP contribution >= 0.6 is 0 Å². The minimum atomic E-state index is -0.361. The highest BCUT2D eigenvalue weighted by Gasteiger charge is 2.27. The van der Waals surface area contributed by atoms with Crippen molar-refractivity contribution in [3.05, 3.63) is 82.3 Å². The highest BCUT2D eigenvalue weighted by atomic mass is 16.5. The fourth-order valence-electron chi connectivity index (χ4n) is 3.99. The number of benzene rings is 2. The Morgan fingerprint density at radius 2 is 1.72 bits per heavy atom. The van der Waals surface area contributed by atoms with Crippen molar-refractivity contribution in [3.8, 4) is 28.7 Å². The molecule has 0 bridgehead atoms. The van der Waals surface area contributed by atoms with Crippen LogP contribution in [0.3, 0.4) is 0 Å². The van der Waals surface area contributed by atoms with E-state index in [1.54, 1.807) is 0 Å². The summed E-state index contributed by atoms with van der Waals surface area (Å²) in [7, 11) is 0. The SMILES string of the molecule is CC(C)(CN1CCOCC1)c1cc(-c2ccc(Oc3ccccc3)cc2)c(C#N)c(=O)[nH]1. The first kappa shape index (κ1) is 21.8. The summed E-state index contributed by atoms with van der Waals surface area (Å²) in [6.07, 6.45) is 0. The van der Waals surface area contributed by atoms with Gasteiger partial charge in [0.05, 0.1) is 13.2 Å². The van der Waals surface area contributed by atoms with E-state index in [9.17, 15) is 10.1 Å². The lowest BCUT2D eigenvalue weighted by molar-refractivity contribution is 0.0292. The van der Waals surface area contributed by atoms with Crippen LogP contribution in [0.5, 0.6) is 11.5 Å². The van der Waals surface area contributed by atoms with Gasteiger partial charge in [-0.15, -0.1) is 0 Å². The van der Waals surface area contributed by atoms with Crippen molar-refractivity contribution in [2.24, 2.45) is 0 Å². The molecule has 0 radical (unpaired) electrons. The Kier molecular flexibility index (Phi) is 6.40. The molecule has 164 valence electrons. The number of H-pyrrole nitrogens is 1. The van der Waals surface area contributed by atoms with Gasteiger partial charge in [0, 0.05) is 36.3 Å². The van der Waals surface area contributed by atoms with Gasteiger partial charge in [-0.3, -0.25) is 9.69 Å². The van der Waals surface area contributed by atoms with E-state index in [0.717, 1.165) is 49.9 Å². The molecule has 32 heavy (non-hydrogen) atoms. The number of morpholine rings is 1. The van der Waals surface area contributed by atoms with Gasteiger partial charge in [0.15, 0.2) is 0 Å². The van der Waals surface area contributed by atoms with Crippen LogP contribution in [-0.2, 0) is 10.2 Å². The number of ether oxygens (including phenoxy) is 2. The van der Waals surface area contributed by atoms with Gasteiger partial charge >= 0.3 is 0 Å². The third-order valence-corrected chi connectivity index (χ3v) is 5.74. The zero-order valence-electron chi connectivity index (χ0n) is 18.4. The maximum Gasteiger partial charge on any atom is 0.266 e. The number of aromatic amines is 1. The van der Waals surface area contributed by atoms with Crippen molar-refractivity contribution >= 4 is 0 Å². The van der Waals surface area contributed by atoms with Crippen molar-refractivity contribution in [2.45, 2.75) is 19.3 Å². The predicted molar refractivity (Wildman–Crippen MR) is 124 cm³/mol. The van der Waals surface area contributed by atoms with E-state index in [0.29, 0.717) is 11.3 Å². The van der Waals surface area contributed by atoms with Crippen molar-refractivity contribution in [1.29, 1.82) is 5.26 Å². The summed E-state index contributed by atoms with van der Waals surface area (Å²) in [6.45, 7) is 8.22. The van der Waals surface area contributed by atoms with E-state index in [-0.39, 0.29) is 16.5 Å². The molecule has 1 aliphatic rings. The lowest BCUT2D eigenvalue weighted by atomic mass is 9.86. The summed E-state index contributed by atoms with van der Waals surface area (Å²) in [5.41, 5.74) is 1.71. The molecular weight excluding hydrogens is 402 g/mol. The number of nitrogens with zero attached hydrogens (tertiary/aromatic N) is 2. The van der Waals surface area contributed by atoms with Gasteiger partial charge in [-0.1, -0.05) is 44.2 Å². The predicted octanol–water partition coefficient (Wildman–Crippen LogP) is 4.32. The highest BCUT2D eigenvalue weighted by Crippen LogP contribution is 2.30. The molecule has 1 aliphatic heterocycles. The van der Waals surface area contributed by atoms with Crippen LogP contribution in [0.15, 0.2) is 65.5 Å². The Labute approximate surface area is 188 Å². The molecule has 0 atom stereocenters. The molecule has 0 aliphatic carbocycles. The quantitative estimate of drug-likeness (QED) is 0.632. The number of rotatable bonds is 6. The summed E-state index contributed by atoms with van der Waals surface area (Å²) < 4.78 is 11.3. The first-order chi connectivity index (χ1) is 15.5. The molecule has 1 N–H and O–H groups in total. The standard InChI is InChI=1S/C26H27N3O3/c1-26(2,18-29-12-14-31-15-13-29)24-16-22(23(17-27)25(30)28-24)19-8-10-21(11-9-19)32-20-6-4-3-5-7-20/h3-11,16H,12-15,18H2,1-2H3,(H,28,30). The third-order valence-electron chi connectivity index (χ3n) is 5.74. The number of hydrogen-bond acceptors (Lipinski definition) is 5. The third kappa shape index (κ3) is 4.91. The number of aromatic nitrogens is 1. The molecule has 0 spiro atoms. The summed E-state index contributed by atoms with van der Waals surface area (Å²) >= 11 is 0. The molecule has 0 unspecified atom stereocenters. The van der Waals surface area contributed by atoms with E-state index < -0.39 is 0 Å². The second kappa shape index (κ2) is 9.39. The summed E-state index contributed by atoms with van der Waals surface area (Å²) in [5.74, 6) is 1.44. The van der Waals surface area contributed by atoms with Gasteiger partial charge in [-0.25, -0.2) is 0 Å². The fraction of sp³-hybridized carbons (Fsp3) is 0.308. The number of hydrogen-bond donors (Lipinski definition) is 1. The van der Waals surface area contributed by atoms with Gasteiger partial charge in [0.1, 0.15) is 23.1 Å². The van der Waals surface area contributed by atoms with Gasteiger partial charge in [0.25, 0.3) is 5.56 Å². The Morgan fingerprint density at radius 1 is 1.06 bits per heavy atom. The largest absolute Gasteiger partial charge is 0.457 e. The first-order valence-electron chi connectivity index (χ1n) is 10.8. The maximum atomic E-state index is 12.8.